The van der Waals surface area contributed by atoms with Crippen LogP contribution in [-0.4, -0.2) is 34.0 Å². The Labute approximate surface area is 118 Å². The lowest BCUT2D eigenvalue weighted by molar-refractivity contribution is -0.121. The first-order chi connectivity index (χ1) is 9.72. The number of nitrogens with one attached hydrogen (secondary N) is 1. The molecule has 1 aliphatic heterocycles. The second-order valence-corrected chi connectivity index (χ2v) is 5.28. The fourth-order valence-electron chi connectivity index (χ4n) is 2.63. The predicted octanol–water partition coefficient (Wildman–Crippen LogP) is 1.56. The van der Waals surface area contributed by atoms with E-state index in [1.807, 2.05) is 41.9 Å². The van der Waals surface area contributed by atoms with Gasteiger partial charge in [-0.15, -0.1) is 0 Å². The number of hydrogen-bond donors (Lipinski definition) is 1. The molecule has 0 spiro atoms. The standard InChI is InChI=1S/C15H19N3O2/c1-11(13-5-4-8-20-13)16-15(19)9-12-10-18-7-3-2-6-14(18)17-12/h2-3,6-7,10-11,13H,4-5,8-9H2,1H3,(H,16,19)/t11-,13+/m0/s1. The molecule has 3 heterocycles. The first-order valence-electron chi connectivity index (χ1n) is 7.06. The summed E-state index contributed by atoms with van der Waals surface area (Å²) in [6.45, 7) is 2.80. The minimum absolute atomic E-state index is 0.00333. The third kappa shape index (κ3) is 2.82. The summed E-state index contributed by atoms with van der Waals surface area (Å²) in [6, 6.07) is 5.86. The van der Waals surface area contributed by atoms with Crippen molar-refractivity contribution in [2.75, 3.05) is 6.61 Å². The Bertz CT molecular complexity index is 569. The van der Waals surface area contributed by atoms with Crippen LogP contribution in [0, 0.1) is 0 Å². The molecule has 1 N–H and O–H groups in total. The Morgan fingerprint density at radius 3 is 3.25 bits per heavy atom. The maximum atomic E-state index is 12.0. The zero-order valence-electron chi connectivity index (χ0n) is 11.6. The van der Waals surface area contributed by atoms with Crippen LogP contribution in [0.5, 0.6) is 0 Å². The molecule has 0 bridgehead atoms. The van der Waals surface area contributed by atoms with Crippen LogP contribution in [0.1, 0.15) is 25.5 Å². The zero-order chi connectivity index (χ0) is 13.9. The minimum atomic E-state index is -0.00333. The van der Waals surface area contributed by atoms with E-state index in [1.165, 1.54) is 0 Å². The Hall–Kier alpha value is -1.88. The van der Waals surface area contributed by atoms with Gasteiger partial charge in [-0.2, -0.15) is 0 Å². The van der Waals surface area contributed by atoms with Gasteiger partial charge in [0.25, 0.3) is 0 Å². The van der Waals surface area contributed by atoms with Crippen LogP contribution in [-0.2, 0) is 16.0 Å². The zero-order valence-corrected chi connectivity index (χ0v) is 11.6. The van der Waals surface area contributed by atoms with Gasteiger partial charge in [0.1, 0.15) is 5.65 Å². The molecule has 106 valence electrons. The number of hydrogen-bond acceptors (Lipinski definition) is 3. The number of ether oxygens (including phenoxy) is 1. The van der Waals surface area contributed by atoms with Gasteiger partial charge in [0, 0.05) is 19.0 Å². The maximum absolute atomic E-state index is 12.0. The van der Waals surface area contributed by atoms with Crippen molar-refractivity contribution in [2.24, 2.45) is 0 Å². The molecule has 0 aromatic carbocycles. The van der Waals surface area contributed by atoms with Crippen molar-refractivity contribution in [3.8, 4) is 0 Å². The van der Waals surface area contributed by atoms with Crippen LogP contribution in [0.25, 0.3) is 5.65 Å². The molecule has 5 heteroatoms. The number of imidazole rings is 1. The molecule has 0 aliphatic carbocycles. The minimum Gasteiger partial charge on any atom is -0.376 e. The summed E-state index contributed by atoms with van der Waals surface area (Å²) < 4.78 is 7.50. The number of pyridine rings is 1. The largest absolute Gasteiger partial charge is 0.376 e. The monoisotopic (exact) mass is 273 g/mol. The summed E-state index contributed by atoms with van der Waals surface area (Å²) in [5, 5.41) is 3.00. The molecule has 0 unspecified atom stereocenters. The molecule has 0 radical (unpaired) electrons. The van der Waals surface area contributed by atoms with E-state index in [4.69, 9.17) is 4.74 Å². The molecule has 1 amide bonds. The van der Waals surface area contributed by atoms with Crippen molar-refractivity contribution in [1.29, 1.82) is 0 Å². The highest BCUT2D eigenvalue weighted by Crippen LogP contribution is 2.15. The Kier molecular flexibility index (Phi) is 3.69. The number of carbonyl (C=O) groups is 1. The van der Waals surface area contributed by atoms with Crippen LogP contribution in [0.2, 0.25) is 0 Å². The van der Waals surface area contributed by atoms with Gasteiger partial charge in [-0.1, -0.05) is 6.07 Å². The van der Waals surface area contributed by atoms with Crippen molar-refractivity contribution in [3.63, 3.8) is 0 Å². The SMILES string of the molecule is C[C@H](NC(=O)Cc1cn2ccccc2n1)[C@H]1CCCO1. The summed E-state index contributed by atoms with van der Waals surface area (Å²) in [5.74, 6) is -0.00333. The smallest absolute Gasteiger partial charge is 0.226 e. The Balaban J connectivity index is 1.60. The summed E-state index contributed by atoms with van der Waals surface area (Å²) in [4.78, 5) is 16.5. The fourth-order valence-corrected chi connectivity index (χ4v) is 2.63. The number of amides is 1. The lowest BCUT2D eigenvalue weighted by atomic mass is 10.1. The number of rotatable bonds is 4. The highest BCUT2D eigenvalue weighted by molar-refractivity contribution is 5.78. The molecule has 1 fully saturated rings. The average molecular weight is 273 g/mol. The lowest BCUT2D eigenvalue weighted by Gasteiger charge is -2.19. The first-order valence-corrected chi connectivity index (χ1v) is 7.06. The van der Waals surface area contributed by atoms with E-state index in [0.29, 0.717) is 6.42 Å². The number of nitrogens with zero attached hydrogens (tertiary/aromatic N) is 2. The molecule has 2 aromatic heterocycles. The van der Waals surface area contributed by atoms with Gasteiger partial charge in [0.2, 0.25) is 5.91 Å². The summed E-state index contributed by atoms with van der Waals surface area (Å²) >= 11 is 0. The van der Waals surface area contributed by atoms with E-state index in [2.05, 4.69) is 10.3 Å². The normalized spacial score (nSPS) is 20.1. The van der Waals surface area contributed by atoms with Crippen molar-refractivity contribution >= 4 is 11.6 Å². The summed E-state index contributed by atoms with van der Waals surface area (Å²) in [6.07, 6.45) is 6.39. The van der Waals surface area contributed by atoms with Gasteiger partial charge in [0.15, 0.2) is 0 Å². The predicted molar refractivity (Wildman–Crippen MR) is 75.5 cm³/mol. The van der Waals surface area contributed by atoms with Crippen LogP contribution in [0.15, 0.2) is 30.6 Å². The van der Waals surface area contributed by atoms with Crippen LogP contribution in [0.3, 0.4) is 0 Å². The quantitative estimate of drug-likeness (QED) is 0.919. The third-order valence-electron chi connectivity index (χ3n) is 3.67. The van der Waals surface area contributed by atoms with Crippen molar-refractivity contribution in [1.82, 2.24) is 14.7 Å². The Morgan fingerprint density at radius 1 is 1.60 bits per heavy atom. The van der Waals surface area contributed by atoms with Crippen molar-refractivity contribution < 1.29 is 9.53 Å². The Morgan fingerprint density at radius 2 is 2.50 bits per heavy atom. The molecule has 2 atom stereocenters. The third-order valence-corrected chi connectivity index (χ3v) is 3.67. The van der Waals surface area contributed by atoms with E-state index < -0.39 is 0 Å². The van der Waals surface area contributed by atoms with Crippen LogP contribution >= 0.6 is 0 Å². The van der Waals surface area contributed by atoms with Crippen molar-refractivity contribution in [3.05, 3.63) is 36.3 Å². The summed E-state index contributed by atoms with van der Waals surface area (Å²) in [7, 11) is 0. The second-order valence-electron chi connectivity index (χ2n) is 5.28. The molecule has 1 saturated heterocycles. The van der Waals surface area contributed by atoms with Gasteiger partial charge in [-0.3, -0.25) is 4.79 Å². The maximum Gasteiger partial charge on any atom is 0.226 e. The summed E-state index contributed by atoms with van der Waals surface area (Å²) in [5.41, 5.74) is 1.65. The first kappa shape index (κ1) is 13.1. The topological polar surface area (TPSA) is 55.6 Å². The van der Waals surface area contributed by atoms with Gasteiger partial charge < -0.3 is 14.5 Å². The van der Waals surface area contributed by atoms with E-state index in [0.717, 1.165) is 30.8 Å². The molecular formula is C15H19N3O2. The molecule has 2 aromatic rings. The van der Waals surface area contributed by atoms with E-state index in [-0.39, 0.29) is 18.1 Å². The molecule has 5 nitrogen and oxygen atoms in total. The van der Waals surface area contributed by atoms with E-state index in [9.17, 15) is 4.79 Å². The second kappa shape index (κ2) is 5.63. The number of carbonyl (C=O) groups excluding carboxylic acids is 1. The molecule has 0 saturated carbocycles. The lowest BCUT2D eigenvalue weighted by Crippen LogP contribution is -2.41. The number of fused-ring (bicyclic) bond motifs is 1. The van der Waals surface area contributed by atoms with Crippen molar-refractivity contribution in [2.45, 2.75) is 38.3 Å². The fraction of sp³-hybridized carbons (Fsp3) is 0.467. The van der Waals surface area contributed by atoms with Gasteiger partial charge in [0.05, 0.1) is 24.3 Å². The molecule has 1 aliphatic rings. The average Bonchev–Trinajstić information content (AvgIpc) is 3.07. The highest BCUT2D eigenvalue weighted by atomic mass is 16.5. The van der Waals surface area contributed by atoms with Crippen LogP contribution in [0.4, 0.5) is 0 Å². The van der Waals surface area contributed by atoms with Gasteiger partial charge in [-0.25, -0.2) is 4.98 Å². The van der Waals surface area contributed by atoms with E-state index in [1.54, 1.807) is 0 Å². The van der Waals surface area contributed by atoms with Crippen LogP contribution < -0.4 is 5.32 Å². The number of aromatic nitrogens is 2. The van der Waals surface area contributed by atoms with Gasteiger partial charge in [-0.05, 0) is 31.9 Å². The van der Waals surface area contributed by atoms with E-state index >= 15 is 0 Å². The van der Waals surface area contributed by atoms with Gasteiger partial charge >= 0.3 is 0 Å². The molecular weight excluding hydrogens is 254 g/mol. The molecule has 3 rings (SSSR count). The molecule has 20 heavy (non-hydrogen) atoms. The highest BCUT2D eigenvalue weighted by Gasteiger charge is 2.23.